The minimum Gasteiger partial charge on any atom is -0.493 e. The maximum atomic E-state index is 11.8. The van der Waals surface area contributed by atoms with Crippen LogP contribution in [0.15, 0.2) is 18.2 Å². The topological polar surface area (TPSA) is 93.9 Å². The number of nitrogens with two attached hydrogens (primary N) is 1. The normalized spacial score (nSPS) is 9.95. The van der Waals surface area contributed by atoms with Gasteiger partial charge in [-0.15, -0.1) is 0 Å². The smallest absolute Gasteiger partial charge is 0.323 e. The summed E-state index contributed by atoms with van der Waals surface area (Å²) in [6.07, 6.45) is 1.72. The molecule has 0 fully saturated rings. The molecule has 122 valence electrons. The largest absolute Gasteiger partial charge is 0.493 e. The van der Waals surface area contributed by atoms with Crippen LogP contribution in [0, 0.1) is 0 Å². The van der Waals surface area contributed by atoms with Crippen molar-refractivity contribution in [2.24, 2.45) is 5.73 Å². The average Bonchev–Trinajstić information content (AvgIpc) is 2.55. The van der Waals surface area contributed by atoms with Crippen LogP contribution in [0.5, 0.6) is 11.5 Å². The predicted octanol–water partition coefficient (Wildman–Crippen LogP) is 0.763. The Kier molecular flexibility index (Phi) is 7.77. The molecule has 0 saturated carbocycles. The molecule has 1 rings (SSSR count). The predicted molar refractivity (Wildman–Crippen MR) is 83.1 cm³/mol. The average molecular weight is 309 g/mol. The number of nitrogens with zero attached hydrogens (tertiary/aromatic N) is 1. The molecule has 3 N–H and O–H groups in total. The van der Waals surface area contributed by atoms with Gasteiger partial charge in [-0.2, -0.15) is 0 Å². The Hall–Kier alpha value is -2.28. The summed E-state index contributed by atoms with van der Waals surface area (Å²) < 4.78 is 10.4. The van der Waals surface area contributed by atoms with Gasteiger partial charge >= 0.3 is 6.03 Å². The molecule has 0 bridgehead atoms. The molecule has 3 amide bonds. The molecule has 0 aliphatic heterocycles. The molecule has 7 heteroatoms. The van der Waals surface area contributed by atoms with Crippen molar-refractivity contribution in [3.05, 3.63) is 23.8 Å². The number of amides is 3. The minimum atomic E-state index is -0.413. The number of methoxy groups -OCH3 is 2. The first-order valence-corrected chi connectivity index (χ1v) is 7.07. The molecule has 0 saturated heterocycles. The molecular formula is C15H23N3O4. The van der Waals surface area contributed by atoms with Crippen molar-refractivity contribution < 1.29 is 19.1 Å². The van der Waals surface area contributed by atoms with Crippen LogP contribution in [0.25, 0.3) is 0 Å². The van der Waals surface area contributed by atoms with Gasteiger partial charge in [0, 0.05) is 13.1 Å². The van der Waals surface area contributed by atoms with E-state index in [1.165, 1.54) is 0 Å². The van der Waals surface area contributed by atoms with Crippen molar-refractivity contribution in [1.82, 2.24) is 10.2 Å². The first kappa shape index (κ1) is 17.8. The van der Waals surface area contributed by atoms with Crippen LogP contribution in [0.4, 0.5) is 4.79 Å². The molecular weight excluding hydrogens is 286 g/mol. The lowest BCUT2D eigenvalue weighted by atomic mass is 10.1. The van der Waals surface area contributed by atoms with Crippen molar-refractivity contribution in [1.29, 1.82) is 0 Å². The van der Waals surface area contributed by atoms with Gasteiger partial charge in [-0.05, 0) is 37.1 Å². The van der Waals surface area contributed by atoms with Gasteiger partial charge in [0.25, 0.3) is 0 Å². The second-order valence-corrected chi connectivity index (χ2v) is 4.61. The lowest BCUT2D eigenvalue weighted by Gasteiger charge is -2.16. The zero-order chi connectivity index (χ0) is 16.4. The number of hydrogen-bond donors (Lipinski definition) is 2. The fourth-order valence-corrected chi connectivity index (χ4v) is 1.92. The summed E-state index contributed by atoms with van der Waals surface area (Å²) in [4.78, 5) is 23.7. The molecule has 0 aromatic heterocycles. The van der Waals surface area contributed by atoms with Gasteiger partial charge < -0.3 is 20.5 Å². The van der Waals surface area contributed by atoms with Gasteiger partial charge in [0.15, 0.2) is 11.5 Å². The number of urea groups is 1. The Morgan fingerprint density at radius 3 is 2.64 bits per heavy atom. The Morgan fingerprint density at radius 1 is 1.32 bits per heavy atom. The van der Waals surface area contributed by atoms with Crippen LogP contribution < -0.4 is 20.5 Å². The second-order valence-electron chi connectivity index (χ2n) is 4.61. The van der Waals surface area contributed by atoms with E-state index in [4.69, 9.17) is 15.2 Å². The third kappa shape index (κ3) is 5.25. The van der Waals surface area contributed by atoms with E-state index in [1.807, 2.05) is 18.2 Å². The van der Waals surface area contributed by atoms with Crippen LogP contribution in [0.3, 0.4) is 0 Å². The number of hydrogen-bond acceptors (Lipinski definition) is 5. The van der Waals surface area contributed by atoms with E-state index in [2.05, 4.69) is 5.32 Å². The molecule has 22 heavy (non-hydrogen) atoms. The Labute approximate surface area is 130 Å². The number of benzene rings is 1. The molecule has 0 aliphatic carbocycles. The summed E-state index contributed by atoms with van der Waals surface area (Å²) in [6, 6.07) is 5.16. The van der Waals surface area contributed by atoms with Crippen LogP contribution >= 0.6 is 0 Å². The van der Waals surface area contributed by atoms with Crippen LogP contribution in [0.2, 0.25) is 0 Å². The van der Waals surface area contributed by atoms with Gasteiger partial charge in [-0.1, -0.05) is 6.07 Å². The summed E-state index contributed by atoms with van der Waals surface area (Å²) in [7, 11) is 3.15. The summed E-state index contributed by atoms with van der Waals surface area (Å²) >= 11 is 0. The maximum absolute atomic E-state index is 11.8. The zero-order valence-corrected chi connectivity index (χ0v) is 13.0. The van der Waals surface area contributed by atoms with E-state index >= 15 is 0 Å². The first-order chi connectivity index (χ1) is 10.7. The molecule has 0 spiro atoms. The summed E-state index contributed by atoms with van der Waals surface area (Å²) in [6.45, 7) is 1.17. The molecule has 0 atom stereocenters. The molecule has 7 nitrogen and oxygen atoms in total. The molecule has 1 aromatic rings. The number of imide groups is 1. The number of rotatable bonds is 9. The monoisotopic (exact) mass is 309 g/mol. The number of carbonyl (C=O) groups excluding carboxylic acids is 2. The molecule has 0 aliphatic rings. The minimum absolute atomic E-state index is 0.322. The van der Waals surface area contributed by atoms with E-state index in [0.717, 1.165) is 10.5 Å². The van der Waals surface area contributed by atoms with E-state index in [0.29, 0.717) is 50.4 Å². The quantitative estimate of drug-likeness (QED) is 0.657. The van der Waals surface area contributed by atoms with Crippen molar-refractivity contribution >= 4 is 12.4 Å². The van der Waals surface area contributed by atoms with Gasteiger partial charge in [0.05, 0.1) is 14.2 Å². The maximum Gasteiger partial charge on any atom is 0.323 e. The SMILES string of the molecule is COc1ccc(CCNC(=O)N(C=O)CCCN)cc1OC. The Balaban J connectivity index is 2.49. The molecule has 0 heterocycles. The van der Waals surface area contributed by atoms with Gasteiger partial charge in [0.1, 0.15) is 0 Å². The highest BCUT2D eigenvalue weighted by molar-refractivity contribution is 5.84. The highest BCUT2D eigenvalue weighted by Gasteiger charge is 2.11. The van der Waals surface area contributed by atoms with E-state index in [9.17, 15) is 9.59 Å². The van der Waals surface area contributed by atoms with Crippen molar-refractivity contribution in [2.45, 2.75) is 12.8 Å². The van der Waals surface area contributed by atoms with E-state index in [-0.39, 0.29) is 0 Å². The summed E-state index contributed by atoms with van der Waals surface area (Å²) in [5, 5.41) is 2.70. The van der Waals surface area contributed by atoms with Crippen molar-refractivity contribution in [3.8, 4) is 11.5 Å². The van der Waals surface area contributed by atoms with Crippen LogP contribution in [-0.2, 0) is 11.2 Å². The lowest BCUT2D eigenvalue weighted by molar-refractivity contribution is -0.115. The zero-order valence-electron chi connectivity index (χ0n) is 13.0. The van der Waals surface area contributed by atoms with Crippen LogP contribution in [0.1, 0.15) is 12.0 Å². The second kappa shape index (κ2) is 9.62. The highest BCUT2D eigenvalue weighted by atomic mass is 16.5. The van der Waals surface area contributed by atoms with Gasteiger partial charge in [-0.25, -0.2) is 4.79 Å². The lowest BCUT2D eigenvalue weighted by Crippen LogP contribution is -2.40. The van der Waals surface area contributed by atoms with E-state index < -0.39 is 6.03 Å². The fourth-order valence-electron chi connectivity index (χ4n) is 1.92. The molecule has 0 unspecified atom stereocenters. The van der Waals surface area contributed by atoms with Crippen molar-refractivity contribution in [3.63, 3.8) is 0 Å². The Morgan fingerprint density at radius 2 is 2.05 bits per heavy atom. The van der Waals surface area contributed by atoms with E-state index in [1.54, 1.807) is 14.2 Å². The summed E-state index contributed by atoms with van der Waals surface area (Å²) in [5.41, 5.74) is 6.36. The Bertz CT molecular complexity index is 494. The molecule has 1 aromatic carbocycles. The highest BCUT2D eigenvalue weighted by Crippen LogP contribution is 2.27. The third-order valence-electron chi connectivity index (χ3n) is 3.13. The van der Waals surface area contributed by atoms with Gasteiger partial charge in [0.2, 0.25) is 6.41 Å². The summed E-state index contributed by atoms with van der Waals surface area (Å²) in [5.74, 6) is 1.30. The number of carbonyl (C=O) groups is 2. The number of nitrogens with one attached hydrogen (secondary N) is 1. The van der Waals surface area contributed by atoms with Crippen molar-refractivity contribution in [2.75, 3.05) is 33.9 Å². The standard InChI is InChI=1S/C15H23N3O4/c1-21-13-5-4-12(10-14(13)22-2)6-8-17-15(20)18(11-19)9-3-7-16/h4-5,10-11H,3,6-9,16H2,1-2H3,(H,17,20). The number of ether oxygens (including phenoxy) is 2. The fraction of sp³-hybridized carbons (Fsp3) is 0.467. The third-order valence-corrected chi connectivity index (χ3v) is 3.13. The van der Waals surface area contributed by atoms with Gasteiger partial charge in [-0.3, -0.25) is 9.69 Å². The first-order valence-electron chi connectivity index (χ1n) is 7.07. The van der Waals surface area contributed by atoms with Crippen LogP contribution in [-0.4, -0.2) is 51.2 Å². The molecule has 0 radical (unpaired) electrons.